The summed E-state index contributed by atoms with van der Waals surface area (Å²) in [6.45, 7) is 0.541. The van der Waals surface area contributed by atoms with Gasteiger partial charge in [0.1, 0.15) is 0 Å². The summed E-state index contributed by atoms with van der Waals surface area (Å²) in [7, 11) is 0. The predicted octanol–water partition coefficient (Wildman–Crippen LogP) is 4.93. The van der Waals surface area contributed by atoms with Crippen LogP contribution >= 0.6 is 34.8 Å². The maximum Gasteiger partial charge on any atom is 0.0453 e. The van der Waals surface area contributed by atoms with Crippen LogP contribution in [0, 0.1) is 0 Å². The quantitative estimate of drug-likeness (QED) is 0.850. The Morgan fingerprint density at radius 1 is 0.947 bits per heavy atom. The van der Waals surface area contributed by atoms with Crippen LogP contribution in [0.3, 0.4) is 0 Å². The molecule has 0 spiro atoms. The third-order valence-electron chi connectivity index (χ3n) is 3.09. The van der Waals surface area contributed by atoms with Crippen molar-refractivity contribution in [3.8, 4) is 0 Å². The minimum Gasteiger partial charge on any atom is -0.330 e. The zero-order chi connectivity index (χ0) is 13.8. The fraction of sp³-hybridized carbons (Fsp3) is 0.200. The van der Waals surface area contributed by atoms with Crippen molar-refractivity contribution < 1.29 is 0 Å². The lowest BCUT2D eigenvalue weighted by molar-refractivity contribution is 0.694. The van der Waals surface area contributed by atoms with Crippen LogP contribution in [0.25, 0.3) is 0 Å². The zero-order valence-corrected chi connectivity index (χ0v) is 12.5. The van der Waals surface area contributed by atoms with E-state index in [2.05, 4.69) is 0 Å². The fourth-order valence-corrected chi connectivity index (χ4v) is 2.73. The molecule has 0 bridgehead atoms. The van der Waals surface area contributed by atoms with E-state index in [4.69, 9.17) is 40.5 Å². The van der Waals surface area contributed by atoms with E-state index in [0.717, 1.165) is 22.6 Å². The number of nitrogens with two attached hydrogens (primary N) is 1. The minimum atomic E-state index is 0.192. The molecule has 1 unspecified atom stereocenters. The van der Waals surface area contributed by atoms with Crippen LogP contribution in [0.5, 0.6) is 0 Å². The van der Waals surface area contributed by atoms with Crippen molar-refractivity contribution in [1.82, 2.24) is 0 Å². The Hall–Kier alpha value is -0.730. The molecule has 0 radical (unpaired) electrons. The van der Waals surface area contributed by atoms with Crippen LogP contribution < -0.4 is 5.73 Å². The van der Waals surface area contributed by atoms with Crippen LogP contribution in [-0.2, 0) is 6.42 Å². The summed E-state index contributed by atoms with van der Waals surface area (Å²) in [5.74, 6) is 0.192. The molecule has 0 aliphatic carbocycles. The third kappa shape index (κ3) is 3.87. The molecular formula is C15H14Cl3N. The molecule has 2 aromatic rings. The van der Waals surface area contributed by atoms with Crippen LogP contribution in [-0.4, -0.2) is 6.54 Å². The molecule has 0 heterocycles. The predicted molar refractivity (Wildman–Crippen MR) is 83.4 cm³/mol. The molecule has 100 valence electrons. The van der Waals surface area contributed by atoms with Gasteiger partial charge in [-0.1, -0.05) is 53.0 Å². The zero-order valence-electron chi connectivity index (χ0n) is 10.2. The standard InChI is InChI=1S/C15H14Cl3N/c16-13-3-1-2-10(7-13)12(9-19)6-11-4-5-14(17)8-15(11)18/h1-5,7-8,12H,6,9,19H2. The number of hydrogen-bond donors (Lipinski definition) is 1. The van der Waals surface area contributed by atoms with Crippen molar-refractivity contribution in [2.75, 3.05) is 6.54 Å². The molecule has 0 aliphatic rings. The monoisotopic (exact) mass is 313 g/mol. The molecule has 2 rings (SSSR count). The molecule has 0 aliphatic heterocycles. The van der Waals surface area contributed by atoms with E-state index in [9.17, 15) is 0 Å². The fourth-order valence-electron chi connectivity index (χ4n) is 2.05. The Morgan fingerprint density at radius 2 is 1.68 bits per heavy atom. The molecule has 1 nitrogen and oxygen atoms in total. The molecule has 0 aromatic heterocycles. The Bertz CT molecular complexity index is 569. The molecule has 0 amide bonds. The van der Waals surface area contributed by atoms with E-state index in [1.807, 2.05) is 36.4 Å². The van der Waals surface area contributed by atoms with Gasteiger partial charge in [-0.05, 0) is 48.4 Å². The molecule has 1 atom stereocenters. The Morgan fingerprint density at radius 3 is 2.32 bits per heavy atom. The van der Waals surface area contributed by atoms with Crippen molar-refractivity contribution in [2.24, 2.45) is 5.73 Å². The maximum absolute atomic E-state index is 6.20. The van der Waals surface area contributed by atoms with E-state index >= 15 is 0 Å². The molecule has 2 aromatic carbocycles. The van der Waals surface area contributed by atoms with E-state index < -0.39 is 0 Å². The molecule has 0 saturated carbocycles. The highest BCUT2D eigenvalue weighted by Gasteiger charge is 2.13. The van der Waals surface area contributed by atoms with Crippen LogP contribution in [0.2, 0.25) is 15.1 Å². The Balaban J connectivity index is 2.24. The van der Waals surface area contributed by atoms with Gasteiger partial charge in [0.15, 0.2) is 0 Å². The number of hydrogen-bond acceptors (Lipinski definition) is 1. The summed E-state index contributed by atoms with van der Waals surface area (Å²) < 4.78 is 0. The van der Waals surface area contributed by atoms with Crippen LogP contribution in [0.1, 0.15) is 17.0 Å². The Kier molecular flexibility index (Phi) is 5.12. The number of rotatable bonds is 4. The van der Waals surface area contributed by atoms with Crippen molar-refractivity contribution >= 4 is 34.8 Å². The van der Waals surface area contributed by atoms with Gasteiger partial charge in [-0.25, -0.2) is 0 Å². The summed E-state index contributed by atoms with van der Waals surface area (Å²) in [6.07, 6.45) is 0.771. The van der Waals surface area contributed by atoms with Gasteiger partial charge in [-0.3, -0.25) is 0 Å². The van der Waals surface area contributed by atoms with Gasteiger partial charge in [0.05, 0.1) is 0 Å². The topological polar surface area (TPSA) is 26.0 Å². The molecular weight excluding hydrogens is 301 g/mol. The molecule has 4 heteroatoms. The highest BCUT2D eigenvalue weighted by atomic mass is 35.5. The average Bonchev–Trinajstić information content (AvgIpc) is 2.38. The van der Waals surface area contributed by atoms with Gasteiger partial charge >= 0.3 is 0 Å². The van der Waals surface area contributed by atoms with Crippen molar-refractivity contribution in [3.63, 3.8) is 0 Å². The summed E-state index contributed by atoms with van der Waals surface area (Å²) in [5.41, 5.74) is 8.04. The number of benzene rings is 2. The van der Waals surface area contributed by atoms with Gasteiger partial charge in [0.2, 0.25) is 0 Å². The first-order valence-electron chi connectivity index (χ1n) is 5.99. The summed E-state index contributed by atoms with van der Waals surface area (Å²) in [5, 5.41) is 2.03. The second-order valence-corrected chi connectivity index (χ2v) is 5.71. The molecule has 2 N–H and O–H groups in total. The first-order valence-corrected chi connectivity index (χ1v) is 7.13. The van der Waals surface area contributed by atoms with Crippen molar-refractivity contribution in [1.29, 1.82) is 0 Å². The minimum absolute atomic E-state index is 0.192. The van der Waals surface area contributed by atoms with Gasteiger partial charge in [-0.2, -0.15) is 0 Å². The molecule has 19 heavy (non-hydrogen) atoms. The summed E-state index contributed by atoms with van der Waals surface area (Å²) in [6, 6.07) is 13.3. The first kappa shape index (κ1) is 14.7. The highest BCUT2D eigenvalue weighted by Crippen LogP contribution is 2.28. The second kappa shape index (κ2) is 6.62. The average molecular weight is 315 g/mol. The Labute approximate surface area is 128 Å². The first-order chi connectivity index (χ1) is 9.10. The SMILES string of the molecule is NCC(Cc1ccc(Cl)cc1Cl)c1cccc(Cl)c1. The molecule has 0 saturated heterocycles. The third-order valence-corrected chi connectivity index (χ3v) is 3.91. The molecule has 0 fully saturated rings. The normalized spacial score (nSPS) is 12.4. The van der Waals surface area contributed by atoms with Gasteiger partial charge < -0.3 is 5.73 Å². The largest absolute Gasteiger partial charge is 0.330 e. The lowest BCUT2D eigenvalue weighted by Gasteiger charge is -2.16. The summed E-state index contributed by atoms with van der Waals surface area (Å²) >= 11 is 18.1. The van der Waals surface area contributed by atoms with Crippen molar-refractivity contribution in [2.45, 2.75) is 12.3 Å². The van der Waals surface area contributed by atoms with Crippen molar-refractivity contribution in [3.05, 3.63) is 68.7 Å². The van der Waals surface area contributed by atoms with E-state index in [0.29, 0.717) is 16.6 Å². The number of halogens is 3. The smallest absolute Gasteiger partial charge is 0.0453 e. The van der Waals surface area contributed by atoms with Gasteiger partial charge in [0.25, 0.3) is 0 Å². The second-order valence-electron chi connectivity index (χ2n) is 4.43. The lowest BCUT2D eigenvalue weighted by Crippen LogP contribution is -2.15. The van der Waals surface area contributed by atoms with Crippen LogP contribution in [0.4, 0.5) is 0 Å². The van der Waals surface area contributed by atoms with E-state index in [-0.39, 0.29) is 5.92 Å². The highest BCUT2D eigenvalue weighted by molar-refractivity contribution is 6.35. The van der Waals surface area contributed by atoms with Crippen LogP contribution in [0.15, 0.2) is 42.5 Å². The van der Waals surface area contributed by atoms with E-state index in [1.165, 1.54) is 0 Å². The maximum atomic E-state index is 6.20. The summed E-state index contributed by atoms with van der Waals surface area (Å²) in [4.78, 5) is 0. The van der Waals surface area contributed by atoms with E-state index in [1.54, 1.807) is 6.07 Å². The van der Waals surface area contributed by atoms with Gasteiger partial charge in [-0.15, -0.1) is 0 Å². The van der Waals surface area contributed by atoms with Gasteiger partial charge in [0, 0.05) is 21.0 Å². The lowest BCUT2D eigenvalue weighted by atomic mass is 9.92.